The van der Waals surface area contributed by atoms with Gasteiger partial charge in [0.1, 0.15) is 0 Å². The maximum Gasteiger partial charge on any atom is 0.0926 e. The molecule has 0 saturated heterocycles. The minimum atomic E-state index is 0.486. The van der Waals surface area contributed by atoms with E-state index >= 15 is 0 Å². The van der Waals surface area contributed by atoms with Crippen LogP contribution in [0.1, 0.15) is 79.1 Å². The Morgan fingerprint density at radius 1 is 0.500 bits per heavy atom. The summed E-state index contributed by atoms with van der Waals surface area (Å²) < 4.78 is 0. The van der Waals surface area contributed by atoms with Gasteiger partial charge in [0.2, 0.25) is 0 Å². The predicted molar refractivity (Wildman–Crippen MR) is 136 cm³/mol. The van der Waals surface area contributed by atoms with Crippen molar-refractivity contribution in [2.75, 3.05) is 0 Å². The molecule has 0 aliphatic heterocycles. The van der Waals surface area contributed by atoms with E-state index in [2.05, 4.69) is 66.2 Å². The lowest BCUT2D eigenvalue weighted by atomic mass is 9.85. The monoisotopic (exact) mass is 412 g/mol. The van der Waals surface area contributed by atoms with Crippen LogP contribution in [0, 0.1) is 0 Å². The predicted octanol–water partition coefficient (Wildman–Crippen LogP) is 9.39. The Morgan fingerprint density at radius 2 is 0.700 bits per heavy atom. The zero-order valence-electron chi connectivity index (χ0n) is 19.8. The summed E-state index contributed by atoms with van der Waals surface area (Å²) >= 11 is 0. The third-order valence-corrected chi connectivity index (χ3v) is 4.23. The summed E-state index contributed by atoms with van der Waals surface area (Å²) in [6, 6.07) is 0. The zero-order valence-corrected chi connectivity index (χ0v) is 19.8. The van der Waals surface area contributed by atoms with Crippen LogP contribution in [0.15, 0.2) is 96.6 Å². The topological polar surface area (TPSA) is 40.5 Å². The highest BCUT2D eigenvalue weighted by Gasteiger charge is 2.16. The van der Waals surface area contributed by atoms with Crippen LogP contribution in [-0.4, -0.2) is 10.2 Å². The molecule has 0 bridgehead atoms. The van der Waals surface area contributed by atoms with Crippen LogP contribution in [0.5, 0.6) is 0 Å². The van der Waals surface area contributed by atoms with Crippen LogP contribution in [0.2, 0.25) is 0 Å². The third-order valence-electron chi connectivity index (χ3n) is 4.23. The lowest BCUT2D eigenvalue weighted by Crippen LogP contribution is -2.03. The maximum absolute atomic E-state index is 9.41. The van der Waals surface area contributed by atoms with Crippen molar-refractivity contribution in [1.82, 2.24) is 0 Å². The average Bonchev–Trinajstić information content (AvgIpc) is 2.79. The van der Waals surface area contributed by atoms with Crippen molar-refractivity contribution in [3.05, 3.63) is 96.6 Å². The van der Waals surface area contributed by atoms with Crippen LogP contribution < -0.4 is 0 Å². The molecule has 2 nitrogen and oxygen atoms in total. The lowest BCUT2D eigenvalue weighted by Gasteiger charge is -2.21. The second kappa shape index (κ2) is 19.8. The van der Waals surface area contributed by atoms with Gasteiger partial charge in [0, 0.05) is 12.8 Å². The van der Waals surface area contributed by atoms with Crippen molar-refractivity contribution in [2.24, 2.45) is 0 Å². The molecule has 0 saturated carbocycles. The third kappa shape index (κ3) is 12.2. The molecule has 0 aromatic carbocycles. The van der Waals surface area contributed by atoms with Crippen molar-refractivity contribution in [3.63, 3.8) is 0 Å². The smallest absolute Gasteiger partial charge is 0.0926 e. The second-order valence-electron chi connectivity index (χ2n) is 7.00. The van der Waals surface area contributed by atoms with Crippen molar-refractivity contribution < 1.29 is 10.2 Å². The summed E-state index contributed by atoms with van der Waals surface area (Å²) in [5, 5.41) is 18.8. The lowest BCUT2D eigenvalue weighted by molar-refractivity contribution is 0.385. The summed E-state index contributed by atoms with van der Waals surface area (Å²) in [6.07, 6.45) is 20.2. The standard InChI is InChI=1S/C18H20O2.2C3H8.2C2H4/c19-17-9-5-15(6-10-17)13-1-2-14(4-3-13)16-7-11-18(20)12-8-16;2*1-3-2;2*1-2/h1-2,5,7,9,11,19-20H,3-4,6,8,10,12H2;2*3H2,1-2H3;2*1-2H2. The molecule has 0 aromatic heterocycles. The first-order valence-corrected chi connectivity index (χ1v) is 11.1. The number of aliphatic hydroxyl groups is 2. The van der Waals surface area contributed by atoms with Gasteiger partial charge in [0.15, 0.2) is 0 Å². The van der Waals surface area contributed by atoms with Crippen LogP contribution in [0.25, 0.3) is 0 Å². The van der Waals surface area contributed by atoms with Gasteiger partial charge in [-0.15, -0.1) is 26.3 Å². The molecule has 0 radical (unpaired) electrons. The Hall–Kier alpha value is -2.48. The molecule has 168 valence electrons. The average molecular weight is 413 g/mol. The van der Waals surface area contributed by atoms with E-state index in [4.69, 9.17) is 0 Å². The largest absolute Gasteiger partial charge is 0.512 e. The molecule has 0 amide bonds. The minimum Gasteiger partial charge on any atom is -0.512 e. The van der Waals surface area contributed by atoms with Crippen LogP contribution in [-0.2, 0) is 0 Å². The first-order chi connectivity index (χ1) is 14.5. The van der Waals surface area contributed by atoms with Gasteiger partial charge >= 0.3 is 0 Å². The van der Waals surface area contributed by atoms with Gasteiger partial charge in [0.05, 0.1) is 11.5 Å². The van der Waals surface area contributed by atoms with E-state index in [-0.39, 0.29) is 0 Å². The summed E-state index contributed by atoms with van der Waals surface area (Å²) in [5.41, 5.74) is 5.50. The summed E-state index contributed by atoms with van der Waals surface area (Å²) in [7, 11) is 0. The van der Waals surface area contributed by atoms with Gasteiger partial charge in [-0.1, -0.05) is 64.8 Å². The van der Waals surface area contributed by atoms with Gasteiger partial charge in [-0.25, -0.2) is 0 Å². The Labute approximate surface area is 186 Å². The van der Waals surface area contributed by atoms with Crippen molar-refractivity contribution >= 4 is 0 Å². The molecule has 0 atom stereocenters. The van der Waals surface area contributed by atoms with Gasteiger partial charge < -0.3 is 10.2 Å². The Morgan fingerprint density at radius 3 is 0.867 bits per heavy atom. The number of allylic oxidation sites excluding steroid dienone is 12. The number of rotatable bonds is 2. The second-order valence-corrected chi connectivity index (χ2v) is 7.00. The zero-order chi connectivity index (χ0) is 23.4. The first kappa shape index (κ1) is 29.7. The fraction of sp³-hybridized carbons (Fsp3) is 0.429. The molecule has 30 heavy (non-hydrogen) atoms. The molecule has 0 fully saturated rings. The number of hydrogen-bond acceptors (Lipinski definition) is 2. The Kier molecular flexibility index (Phi) is 19.6. The van der Waals surface area contributed by atoms with Crippen LogP contribution >= 0.6 is 0 Å². The van der Waals surface area contributed by atoms with Gasteiger partial charge in [0.25, 0.3) is 0 Å². The minimum absolute atomic E-state index is 0.486. The van der Waals surface area contributed by atoms with E-state index in [1.165, 1.54) is 35.1 Å². The van der Waals surface area contributed by atoms with E-state index in [9.17, 15) is 10.2 Å². The molecule has 0 unspecified atom stereocenters. The molecular formula is C28H44O2. The summed E-state index contributed by atoms with van der Waals surface area (Å²) in [5.74, 6) is 0.973. The van der Waals surface area contributed by atoms with Crippen molar-refractivity contribution in [1.29, 1.82) is 0 Å². The highest BCUT2D eigenvalue weighted by Crippen LogP contribution is 2.34. The SMILES string of the molecule is C=C.C=C.CCC.CCC.OC1=CC=C(C2=CC=C(C3=CC=C(O)CC3)CC2)CC1. The maximum atomic E-state index is 9.41. The quantitative estimate of drug-likeness (QED) is 0.443. The van der Waals surface area contributed by atoms with E-state index in [0.717, 1.165) is 38.5 Å². The fourth-order valence-electron chi connectivity index (χ4n) is 2.96. The molecule has 2 N–H and O–H groups in total. The molecule has 3 aliphatic rings. The molecule has 3 aliphatic carbocycles. The first-order valence-electron chi connectivity index (χ1n) is 11.1. The van der Waals surface area contributed by atoms with E-state index in [0.29, 0.717) is 11.5 Å². The summed E-state index contributed by atoms with van der Waals surface area (Å²) in [4.78, 5) is 0. The Bertz CT molecular complexity index is 596. The molecule has 3 rings (SSSR count). The number of hydrogen-bond donors (Lipinski definition) is 2. The van der Waals surface area contributed by atoms with Crippen LogP contribution in [0.4, 0.5) is 0 Å². The van der Waals surface area contributed by atoms with E-state index in [1.54, 1.807) is 0 Å². The van der Waals surface area contributed by atoms with E-state index < -0.39 is 0 Å². The molecule has 0 aromatic rings. The molecular weight excluding hydrogens is 368 g/mol. The van der Waals surface area contributed by atoms with Gasteiger partial charge in [-0.05, 0) is 60.1 Å². The molecule has 0 spiro atoms. The fourth-order valence-corrected chi connectivity index (χ4v) is 2.96. The van der Waals surface area contributed by atoms with Gasteiger partial charge in [-0.2, -0.15) is 0 Å². The number of aliphatic hydroxyl groups excluding tert-OH is 2. The highest BCUT2D eigenvalue weighted by molar-refractivity contribution is 5.47. The normalized spacial score (nSPS) is 16.8. The van der Waals surface area contributed by atoms with Crippen molar-refractivity contribution in [2.45, 2.75) is 79.1 Å². The molecule has 2 heteroatoms. The van der Waals surface area contributed by atoms with Gasteiger partial charge in [-0.3, -0.25) is 0 Å². The van der Waals surface area contributed by atoms with Crippen LogP contribution in [0.3, 0.4) is 0 Å². The van der Waals surface area contributed by atoms with Crippen molar-refractivity contribution in [3.8, 4) is 0 Å². The Balaban J connectivity index is 0. The summed E-state index contributed by atoms with van der Waals surface area (Å²) in [6.45, 7) is 20.5. The molecule has 0 heterocycles. The highest BCUT2D eigenvalue weighted by atomic mass is 16.3. The van der Waals surface area contributed by atoms with E-state index in [1.807, 2.05) is 24.3 Å².